The Labute approximate surface area is 104 Å². The number of hydrogen-bond acceptors (Lipinski definition) is 3. The average Bonchev–Trinajstić information content (AvgIpc) is 2.89. The fourth-order valence-electron chi connectivity index (χ4n) is 2.59. The van der Waals surface area contributed by atoms with E-state index in [0.29, 0.717) is 18.2 Å². The quantitative estimate of drug-likeness (QED) is 0.729. The van der Waals surface area contributed by atoms with Crippen LogP contribution in [-0.4, -0.2) is 50.2 Å². The SMILES string of the molecule is O=C(CCNCC1CCCOC1)N1CCCC1. The van der Waals surface area contributed by atoms with Gasteiger partial charge in [0.25, 0.3) is 0 Å². The second-order valence-electron chi connectivity index (χ2n) is 5.13. The van der Waals surface area contributed by atoms with Gasteiger partial charge >= 0.3 is 0 Å². The maximum Gasteiger partial charge on any atom is 0.223 e. The van der Waals surface area contributed by atoms with Crippen LogP contribution < -0.4 is 5.32 Å². The maximum atomic E-state index is 11.8. The summed E-state index contributed by atoms with van der Waals surface area (Å²) in [7, 11) is 0. The lowest BCUT2D eigenvalue weighted by atomic mass is 10.0. The number of ether oxygens (including phenoxy) is 1. The van der Waals surface area contributed by atoms with E-state index in [1.807, 2.05) is 4.90 Å². The van der Waals surface area contributed by atoms with E-state index in [-0.39, 0.29) is 0 Å². The number of hydrogen-bond donors (Lipinski definition) is 1. The molecule has 4 heteroatoms. The molecule has 0 saturated carbocycles. The average molecular weight is 240 g/mol. The standard InChI is InChI=1S/C13H24N2O2/c16-13(15-7-1-2-8-15)5-6-14-10-12-4-3-9-17-11-12/h12,14H,1-11H2. The Kier molecular flexibility index (Phi) is 5.26. The molecule has 2 aliphatic rings. The van der Waals surface area contributed by atoms with Crippen LogP contribution in [0.1, 0.15) is 32.1 Å². The summed E-state index contributed by atoms with van der Waals surface area (Å²) >= 11 is 0. The molecule has 1 amide bonds. The van der Waals surface area contributed by atoms with Crippen LogP contribution in [0.5, 0.6) is 0 Å². The molecule has 2 fully saturated rings. The molecule has 0 aromatic rings. The van der Waals surface area contributed by atoms with Crippen LogP contribution in [0.2, 0.25) is 0 Å². The van der Waals surface area contributed by atoms with Gasteiger partial charge in [-0.1, -0.05) is 0 Å². The number of carbonyl (C=O) groups excluding carboxylic acids is 1. The van der Waals surface area contributed by atoms with Gasteiger partial charge in [-0.25, -0.2) is 0 Å². The Bertz CT molecular complexity index is 234. The summed E-state index contributed by atoms with van der Waals surface area (Å²) < 4.78 is 5.43. The van der Waals surface area contributed by atoms with Crippen LogP contribution in [0.3, 0.4) is 0 Å². The minimum absolute atomic E-state index is 0.315. The van der Waals surface area contributed by atoms with Gasteiger partial charge < -0.3 is 15.0 Å². The predicted molar refractivity (Wildman–Crippen MR) is 66.8 cm³/mol. The summed E-state index contributed by atoms with van der Waals surface area (Å²) in [6.45, 7) is 5.54. The van der Waals surface area contributed by atoms with Gasteiger partial charge in [-0.2, -0.15) is 0 Å². The van der Waals surface area contributed by atoms with E-state index in [1.165, 1.54) is 25.7 Å². The number of rotatable bonds is 5. The fraction of sp³-hybridized carbons (Fsp3) is 0.923. The Hall–Kier alpha value is -0.610. The van der Waals surface area contributed by atoms with Crippen molar-refractivity contribution in [2.45, 2.75) is 32.1 Å². The monoisotopic (exact) mass is 240 g/mol. The highest BCUT2D eigenvalue weighted by molar-refractivity contribution is 5.76. The first-order valence-corrected chi connectivity index (χ1v) is 6.92. The van der Waals surface area contributed by atoms with Crippen molar-refractivity contribution in [2.24, 2.45) is 5.92 Å². The molecule has 0 aliphatic carbocycles. The van der Waals surface area contributed by atoms with Gasteiger partial charge in [0.05, 0.1) is 6.61 Å². The molecule has 0 bridgehead atoms. The van der Waals surface area contributed by atoms with E-state index >= 15 is 0 Å². The molecule has 98 valence electrons. The van der Waals surface area contributed by atoms with Crippen LogP contribution in [0, 0.1) is 5.92 Å². The largest absolute Gasteiger partial charge is 0.381 e. The number of nitrogens with zero attached hydrogens (tertiary/aromatic N) is 1. The Balaban J connectivity index is 1.51. The molecule has 0 aromatic heterocycles. The van der Waals surface area contributed by atoms with Gasteiger partial charge in [0.2, 0.25) is 5.91 Å². The smallest absolute Gasteiger partial charge is 0.223 e. The molecule has 17 heavy (non-hydrogen) atoms. The molecule has 2 rings (SSSR count). The maximum absolute atomic E-state index is 11.8. The summed E-state index contributed by atoms with van der Waals surface area (Å²) in [5, 5.41) is 3.38. The number of nitrogens with one attached hydrogen (secondary N) is 1. The first-order chi connectivity index (χ1) is 8.36. The van der Waals surface area contributed by atoms with Crippen molar-refractivity contribution in [3.8, 4) is 0 Å². The molecular formula is C13H24N2O2. The Morgan fingerprint density at radius 1 is 1.29 bits per heavy atom. The summed E-state index contributed by atoms with van der Waals surface area (Å²) in [5.74, 6) is 0.959. The highest BCUT2D eigenvalue weighted by Gasteiger charge is 2.17. The zero-order chi connectivity index (χ0) is 11.9. The Morgan fingerprint density at radius 3 is 2.82 bits per heavy atom. The lowest BCUT2D eigenvalue weighted by Crippen LogP contribution is -2.33. The van der Waals surface area contributed by atoms with Crippen LogP contribution >= 0.6 is 0 Å². The van der Waals surface area contributed by atoms with Crippen LogP contribution in [-0.2, 0) is 9.53 Å². The molecule has 1 N–H and O–H groups in total. The van der Waals surface area contributed by atoms with Crippen LogP contribution in [0.4, 0.5) is 0 Å². The van der Waals surface area contributed by atoms with E-state index in [2.05, 4.69) is 5.32 Å². The third-order valence-electron chi connectivity index (χ3n) is 3.66. The zero-order valence-electron chi connectivity index (χ0n) is 10.6. The molecule has 0 spiro atoms. The van der Waals surface area contributed by atoms with Crippen LogP contribution in [0.15, 0.2) is 0 Å². The third kappa shape index (κ3) is 4.28. The topological polar surface area (TPSA) is 41.6 Å². The van der Waals surface area contributed by atoms with Gasteiger partial charge in [-0.05, 0) is 31.6 Å². The van der Waals surface area contributed by atoms with Gasteiger partial charge in [0.1, 0.15) is 0 Å². The lowest BCUT2D eigenvalue weighted by molar-refractivity contribution is -0.130. The van der Waals surface area contributed by atoms with E-state index in [4.69, 9.17) is 4.74 Å². The molecule has 2 aliphatic heterocycles. The summed E-state index contributed by atoms with van der Waals surface area (Å²) in [6, 6.07) is 0. The molecule has 1 atom stereocenters. The van der Waals surface area contributed by atoms with E-state index in [1.54, 1.807) is 0 Å². The molecular weight excluding hydrogens is 216 g/mol. The first kappa shape index (κ1) is 12.8. The van der Waals surface area contributed by atoms with Crippen molar-refractivity contribution in [1.82, 2.24) is 10.2 Å². The Morgan fingerprint density at radius 2 is 2.12 bits per heavy atom. The zero-order valence-corrected chi connectivity index (χ0v) is 10.6. The van der Waals surface area contributed by atoms with Gasteiger partial charge in [0.15, 0.2) is 0 Å². The van der Waals surface area contributed by atoms with Gasteiger partial charge in [-0.3, -0.25) is 4.79 Å². The number of amides is 1. The van der Waals surface area contributed by atoms with E-state index < -0.39 is 0 Å². The molecule has 4 nitrogen and oxygen atoms in total. The van der Waals surface area contributed by atoms with Gasteiger partial charge in [0, 0.05) is 39.2 Å². The minimum Gasteiger partial charge on any atom is -0.381 e. The highest BCUT2D eigenvalue weighted by Crippen LogP contribution is 2.12. The fourth-order valence-corrected chi connectivity index (χ4v) is 2.59. The molecule has 2 heterocycles. The highest BCUT2D eigenvalue weighted by atomic mass is 16.5. The van der Waals surface area contributed by atoms with Crippen molar-refractivity contribution in [1.29, 1.82) is 0 Å². The van der Waals surface area contributed by atoms with Crippen molar-refractivity contribution in [3.63, 3.8) is 0 Å². The van der Waals surface area contributed by atoms with E-state index in [9.17, 15) is 4.79 Å². The van der Waals surface area contributed by atoms with Crippen molar-refractivity contribution < 1.29 is 9.53 Å². The normalized spacial score (nSPS) is 25.2. The molecule has 1 unspecified atom stereocenters. The molecule has 0 aromatic carbocycles. The summed E-state index contributed by atoms with van der Waals surface area (Å²) in [5.41, 5.74) is 0. The second-order valence-corrected chi connectivity index (χ2v) is 5.13. The lowest BCUT2D eigenvalue weighted by Gasteiger charge is -2.22. The molecule has 2 saturated heterocycles. The van der Waals surface area contributed by atoms with Crippen LogP contribution in [0.25, 0.3) is 0 Å². The van der Waals surface area contributed by atoms with E-state index in [0.717, 1.165) is 39.4 Å². The first-order valence-electron chi connectivity index (χ1n) is 6.92. The second kappa shape index (κ2) is 6.97. The van der Waals surface area contributed by atoms with Crippen molar-refractivity contribution in [3.05, 3.63) is 0 Å². The van der Waals surface area contributed by atoms with Gasteiger partial charge in [-0.15, -0.1) is 0 Å². The predicted octanol–water partition coefficient (Wildman–Crippen LogP) is 1.02. The number of carbonyl (C=O) groups is 1. The molecule has 0 radical (unpaired) electrons. The summed E-state index contributed by atoms with van der Waals surface area (Å²) in [6.07, 6.45) is 5.44. The summed E-state index contributed by atoms with van der Waals surface area (Å²) in [4.78, 5) is 13.7. The van der Waals surface area contributed by atoms with Crippen molar-refractivity contribution in [2.75, 3.05) is 39.4 Å². The third-order valence-corrected chi connectivity index (χ3v) is 3.66. The number of likely N-dealkylation sites (tertiary alicyclic amines) is 1. The minimum atomic E-state index is 0.315. The van der Waals surface area contributed by atoms with Crippen molar-refractivity contribution >= 4 is 5.91 Å².